The highest BCUT2D eigenvalue weighted by atomic mass is 13.9. The van der Waals surface area contributed by atoms with Crippen LogP contribution in [0.2, 0.25) is 0 Å². The molecular formula is C13H16. The Morgan fingerprint density at radius 1 is 1.00 bits per heavy atom. The van der Waals surface area contributed by atoms with Crippen LogP contribution in [0.3, 0.4) is 0 Å². The van der Waals surface area contributed by atoms with Crippen LogP contribution in [-0.4, -0.2) is 0 Å². The van der Waals surface area contributed by atoms with Gasteiger partial charge in [0.1, 0.15) is 0 Å². The maximum Gasteiger partial charge on any atom is -0.0299 e. The molecule has 0 aromatic heterocycles. The van der Waals surface area contributed by atoms with Crippen molar-refractivity contribution in [2.45, 2.75) is 6.92 Å². The van der Waals surface area contributed by atoms with E-state index >= 15 is 0 Å². The molecule has 0 aromatic rings. The molecule has 0 aliphatic carbocycles. The summed E-state index contributed by atoms with van der Waals surface area (Å²) < 4.78 is 0. The van der Waals surface area contributed by atoms with Crippen LogP contribution in [0.4, 0.5) is 0 Å². The third kappa shape index (κ3) is 5.68. The predicted molar refractivity (Wildman–Crippen MR) is 61.6 cm³/mol. The van der Waals surface area contributed by atoms with Crippen molar-refractivity contribution < 1.29 is 0 Å². The molecule has 0 bridgehead atoms. The SMILES string of the molecule is C=C/C=C\C=C(/C)C(=C)/C=C\C=C. The van der Waals surface area contributed by atoms with Crippen molar-refractivity contribution in [3.63, 3.8) is 0 Å². The molecule has 0 unspecified atom stereocenters. The smallest absolute Gasteiger partial charge is 0.0299 e. The third-order valence-electron chi connectivity index (χ3n) is 1.53. The van der Waals surface area contributed by atoms with Gasteiger partial charge < -0.3 is 0 Å². The lowest BCUT2D eigenvalue weighted by Crippen LogP contribution is -1.76. The summed E-state index contributed by atoms with van der Waals surface area (Å²) in [6.07, 6.45) is 13.1. The Hall–Kier alpha value is -1.56. The van der Waals surface area contributed by atoms with Crippen LogP contribution < -0.4 is 0 Å². The molecule has 0 heterocycles. The molecule has 0 aliphatic rings. The number of allylic oxidation sites excluding steroid dienone is 9. The zero-order valence-electron chi connectivity index (χ0n) is 8.16. The maximum atomic E-state index is 3.91. The summed E-state index contributed by atoms with van der Waals surface area (Å²) in [5.41, 5.74) is 2.13. The first-order valence-electron chi connectivity index (χ1n) is 4.16. The van der Waals surface area contributed by atoms with E-state index in [0.29, 0.717) is 0 Å². The van der Waals surface area contributed by atoms with E-state index < -0.39 is 0 Å². The van der Waals surface area contributed by atoms with E-state index in [1.54, 1.807) is 12.2 Å². The largest absolute Gasteiger partial charge is 0.0991 e. The molecule has 0 atom stereocenters. The van der Waals surface area contributed by atoms with Gasteiger partial charge in [0.2, 0.25) is 0 Å². The van der Waals surface area contributed by atoms with Gasteiger partial charge in [0.15, 0.2) is 0 Å². The Kier molecular flexibility index (Phi) is 6.26. The fraction of sp³-hybridized carbons (Fsp3) is 0.0769. The first-order chi connectivity index (χ1) is 6.22. The van der Waals surface area contributed by atoms with Crippen molar-refractivity contribution in [1.82, 2.24) is 0 Å². The lowest BCUT2D eigenvalue weighted by molar-refractivity contribution is 1.44. The molecule has 68 valence electrons. The monoisotopic (exact) mass is 172 g/mol. The molecule has 0 fully saturated rings. The second-order valence-corrected chi connectivity index (χ2v) is 2.59. The van der Waals surface area contributed by atoms with Crippen molar-refractivity contribution in [3.05, 3.63) is 73.4 Å². The lowest BCUT2D eigenvalue weighted by atomic mass is 10.1. The van der Waals surface area contributed by atoms with E-state index in [1.807, 2.05) is 37.3 Å². The molecule has 0 saturated carbocycles. The zero-order valence-corrected chi connectivity index (χ0v) is 8.16. The van der Waals surface area contributed by atoms with Crippen LogP contribution in [0.15, 0.2) is 73.4 Å². The van der Waals surface area contributed by atoms with Crippen molar-refractivity contribution in [3.8, 4) is 0 Å². The molecule has 0 nitrogen and oxygen atoms in total. The van der Waals surface area contributed by atoms with Gasteiger partial charge in [-0.3, -0.25) is 0 Å². The van der Waals surface area contributed by atoms with Crippen LogP contribution in [0.1, 0.15) is 6.92 Å². The average molecular weight is 172 g/mol. The Bertz CT molecular complexity index is 272. The second-order valence-electron chi connectivity index (χ2n) is 2.59. The molecule has 0 radical (unpaired) electrons. The zero-order chi connectivity index (χ0) is 10.1. The third-order valence-corrected chi connectivity index (χ3v) is 1.53. The van der Waals surface area contributed by atoms with Gasteiger partial charge in [0, 0.05) is 0 Å². The normalized spacial score (nSPS) is 12.2. The van der Waals surface area contributed by atoms with Gasteiger partial charge >= 0.3 is 0 Å². The summed E-state index contributed by atoms with van der Waals surface area (Å²) in [6.45, 7) is 13.1. The van der Waals surface area contributed by atoms with E-state index in [0.717, 1.165) is 11.1 Å². The fourth-order valence-corrected chi connectivity index (χ4v) is 0.701. The summed E-state index contributed by atoms with van der Waals surface area (Å²) >= 11 is 0. The van der Waals surface area contributed by atoms with Gasteiger partial charge in [-0.05, 0) is 18.1 Å². The molecule has 0 aliphatic heterocycles. The lowest BCUT2D eigenvalue weighted by Gasteiger charge is -1.96. The first kappa shape index (κ1) is 11.4. The average Bonchev–Trinajstić information content (AvgIpc) is 2.14. The van der Waals surface area contributed by atoms with Gasteiger partial charge in [0.25, 0.3) is 0 Å². The maximum absolute atomic E-state index is 3.91. The highest BCUT2D eigenvalue weighted by Crippen LogP contribution is 2.08. The molecule has 0 heteroatoms. The van der Waals surface area contributed by atoms with Gasteiger partial charge in [-0.25, -0.2) is 0 Å². The topological polar surface area (TPSA) is 0 Å². The molecule has 0 spiro atoms. The number of rotatable bonds is 5. The molecule has 0 aromatic carbocycles. The first-order valence-corrected chi connectivity index (χ1v) is 4.16. The minimum Gasteiger partial charge on any atom is -0.0991 e. The van der Waals surface area contributed by atoms with E-state index in [-0.39, 0.29) is 0 Å². The van der Waals surface area contributed by atoms with Crippen molar-refractivity contribution >= 4 is 0 Å². The number of hydrogen-bond donors (Lipinski definition) is 0. The van der Waals surface area contributed by atoms with Crippen LogP contribution >= 0.6 is 0 Å². The quantitative estimate of drug-likeness (QED) is 0.550. The van der Waals surface area contributed by atoms with E-state index in [4.69, 9.17) is 0 Å². The Morgan fingerprint density at radius 2 is 1.62 bits per heavy atom. The van der Waals surface area contributed by atoms with Crippen molar-refractivity contribution in [1.29, 1.82) is 0 Å². The Labute approximate surface area is 81.0 Å². The summed E-state index contributed by atoms with van der Waals surface area (Å²) in [5, 5.41) is 0. The van der Waals surface area contributed by atoms with Gasteiger partial charge in [-0.15, -0.1) is 0 Å². The molecule has 0 rings (SSSR count). The van der Waals surface area contributed by atoms with Crippen LogP contribution in [0, 0.1) is 0 Å². The van der Waals surface area contributed by atoms with Crippen LogP contribution in [0.25, 0.3) is 0 Å². The molecule has 0 amide bonds. The molecule has 0 saturated heterocycles. The highest BCUT2D eigenvalue weighted by molar-refractivity contribution is 5.38. The van der Waals surface area contributed by atoms with Gasteiger partial charge in [0.05, 0.1) is 0 Å². The van der Waals surface area contributed by atoms with E-state index in [9.17, 15) is 0 Å². The van der Waals surface area contributed by atoms with E-state index in [1.165, 1.54) is 0 Å². The highest BCUT2D eigenvalue weighted by Gasteiger charge is 1.87. The molecule has 13 heavy (non-hydrogen) atoms. The summed E-state index contributed by atoms with van der Waals surface area (Å²) in [4.78, 5) is 0. The van der Waals surface area contributed by atoms with Crippen molar-refractivity contribution in [2.24, 2.45) is 0 Å². The van der Waals surface area contributed by atoms with Gasteiger partial charge in [-0.2, -0.15) is 0 Å². The standard InChI is InChI=1S/C13H16/c1-5-7-9-11-13(4)12(3)10-8-6-2/h5-11H,1-3H2,4H3/b9-7-,10-8-,13-11+. The minimum absolute atomic E-state index is 0.994. The Morgan fingerprint density at radius 3 is 2.15 bits per heavy atom. The van der Waals surface area contributed by atoms with Gasteiger partial charge in [-0.1, -0.05) is 62.3 Å². The summed E-state index contributed by atoms with van der Waals surface area (Å²) in [5.74, 6) is 0. The predicted octanol–water partition coefficient (Wildman–Crippen LogP) is 3.97. The van der Waals surface area contributed by atoms with Crippen LogP contribution in [-0.2, 0) is 0 Å². The summed E-state index contributed by atoms with van der Waals surface area (Å²) in [6, 6.07) is 0. The molecule has 0 N–H and O–H groups in total. The van der Waals surface area contributed by atoms with E-state index in [2.05, 4.69) is 19.7 Å². The fourth-order valence-electron chi connectivity index (χ4n) is 0.701. The second kappa shape index (κ2) is 7.11. The van der Waals surface area contributed by atoms with Crippen LogP contribution in [0.5, 0.6) is 0 Å². The number of hydrogen-bond acceptors (Lipinski definition) is 0. The van der Waals surface area contributed by atoms with Crippen molar-refractivity contribution in [2.75, 3.05) is 0 Å². The summed E-state index contributed by atoms with van der Waals surface area (Å²) in [7, 11) is 0. The minimum atomic E-state index is 0.994. The Balaban J connectivity index is 4.32. The molecular weight excluding hydrogens is 156 g/mol.